The quantitative estimate of drug-likeness (QED) is 0.277. The van der Waals surface area contributed by atoms with Crippen LogP contribution >= 0.6 is 12.2 Å². The predicted octanol–water partition coefficient (Wildman–Crippen LogP) is 4.93. The second-order valence-electron chi connectivity index (χ2n) is 11.0. The van der Waals surface area contributed by atoms with Crippen molar-refractivity contribution in [2.45, 2.75) is 51.7 Å². The minimum Gasteiger partial charge on any atom is -0.493 e. The number of hydrogen-bond acceptors (Lipinski definition) is 8. The van der Waals surface area contributed by atoms with Gasteiger partial charge in [0.2, 0.25) is 0 Å². The van der Waals surface area contributed by atoms with Gasteiger partial charge in [0.1, 0.15) is 11.6 Å². The molecule has 2 aromatic heterocycles. The molecule has 2 saturated heterocycles. The number of halogens is 3. The highest BCUT2D eigenvalue weighted by Gasteiger charge is 2.58. The Labute approximate surface area is 266 Å². The monoisotopic (exact) mass is 651 g/mol. The molecule has 0 aliphatic carbocycles. The highest BCUT2D eigenvalue weighted by molar-refractivity contribution is 7.81. The zero-order valence-electron chi connectivity index (χ0n) is 25.1. The molecule has 0 saturated carbocycles. The van der Waals surface area contributed by atoms with Crippen molar-refractivity contribution >= 4 is 40.1 Å². The largest absolute Gasteiger partial charge is 0.493 e. The second-order valence-corrected chi connectivity index (χ2v) is 11.3. The van der Waals surface area contributed by atoms with Crippen LogP contribution in [-0.4, -0.2) is 56.0 Å². The number of anilines is 2. The van der Waals surface area contributed by atoms with Gasteiger partial charge in [-0.1, -0.05) is 6.92 Å². The van der Waals surface area contributed by atoms with Crippen LogP contribution in [0.5, 0.6) is 5.75 Å². The molecular formula is C31H28F3N7O4S. The van der Waals surface area contributed by atoms with E-state index in [1.54, 1.807) is 43.0 Å². The van der Waals surface area contributed by atoms with E-state index in [2.05, 4.69) is 9.97 Å². The minimum atomic E-state index is -4.83. The summed E-state index contributed by atoms with van der Waals surface area (Å²) in [7, 11) is 0. The van der Waals surface area contributed by atoms with Crippen molar-refractivity contribution in [2.75, 3.05) is 29.6 Å². The van der Waals surface area contributed by atoms with Crippen LogP contribution in [-0.2, 0) is 22.1 Å². The zero-order valence-corrected chi connectivity index (χ0v) is 25.9. The number of rotatable bonds is 7. The number of imidazole rings is 1. The molecule has 2 fully saturated rings. The lowest BCUT2D eigenvalue weighted by molar-refractivity contribution is -0.137. The summed E-state index contributed by atoms with van der Waals surface area (Å²) in [4.78, 5) is 37.4. The van der Waals surface area contributed by atoms with E-state index in [-0.39, 0.29) is 36.3 Å². The number of nitriles is 1. The molecule has 2 aromatic carbocycles. The van der Waals surface area contributed by atoms with Gasteiger partial charge in [-0.05, 0) is 68.9 Å². The molecule has 46 heavy (non-hydrogen) atoms. The van der Waals surface area contributed by atoms with Crippen molar-refractivity contribution in [3.05, 3.63) is 69.4 Å². The summed E-state index contributed by atoms with van der Waals surface area (Å²) in [6.07, 6.45) is -3.24. The van der Waals surface area contributed by atoms with Gasteiger partial charge in [-0.15, -0.1) is 5.10 Å². The molecule has 11 nitrogen and oxygen atoms in total. The molecule has 1 N–H and O–H groups in total. The average Bonchev–Trinajstić information content (AvgIpc) is 3.68. The van der Waals surface area contributed by atoms with E-state index in [1.165, 1.54) is 10.6 Å². The van der Waals surface area contributed by atoms with E-state index in [4.69, 9.17) is 26.8 Å². The SMILES string of the molecule is CCCc1nc(C)c2c(=O)[nH]c(-c3cc(N4C(=S)N(c5ccc(C#N)c(C(F)(F)F)c5)C(=O)C45CCOC5)ccc3OCC)nn12. The van der Waals surface area contributed by atoms with Crippen LogP contribution in [0.2, 0.25) is 0 Å². The Morgan fingerprint density at radius 1 is 1.17 bits per heavy atom. The Morgan fingerprint density at radius 2 is 1.93 bits per heavy atom. The summed E-state index contributed by atoms with van der Waals surface area (Å²) in [6, 6.07) is 9.60. The van der Waals surface area contributed by atoms with Crippen molar-refractivity contribution in [1.82, 2.24) is 19.6 Å². The topological polar surface area (TPSA) is 129 Å². The Kier molecular flexibility index (Phi) is 7.81. The number of nitrogens with zero attached hydrogens (tertiary/aromatic N) is 6. The first kappa shape index (κ1) is 31.2. The highest BCUT2D eigenvalue weighted by Crippen LogP contribution is 2.44. The highest BCUT2D eigenvalue weighted by atomic mass is 32.1. The number of nitrogens with one attached hydrogen (secondary N) is 1. The van der Waals surface area contributed by atoms with Crippen molar-refractivity contribution in [3.8, 4) is 23.2 Å². The van der Waals surface area contributed by atoms with Gasteiger partial charge in [-0.25, -0.2) is 9.50 Å². The number of carbonyl (C=O) groups is 1. The number of ether oxygens (including phenoxy) is 2. The Balaban J connectivity index is 1.51. The standard InChI is InChI=1S/C31H28F3N7O4S/c1-4-6-24-36-17(3)25-27(42)37-26(38-41(24)25)21-13-20(9-10-23(21)45-5-2)40-29(46)39(28(43)30(40)11-12-44-16-30)19-8-7-18(15-35)22(14-19)31(32,33)34/h7-10,13-14H,4-6,11-12,16H2,1-3H3,(H,37,38,42). The normalized spacial score (nSPS) is 18.3. The molecule has 4 heterocycles. The fraction of sp³-hybridized carbons (Fsp3) is 0.355. The van der Waals surface area contributed by atoms with Crippen LogP contribution in [0.15, 0.2) is 41.2 Å². The van der Waals surface area contributed by atoms with Crippen LogP contribution in [0.3, 0.4) is 0 Å². The number of thiocarbonyl (C=S) groups is 1. The fourth-order valence-corrected chi connectivity index (χ4v) is 6.50. The third kappa shape index (κ3) is 4.88. The molecule has 1 atom stereocenters. The molecule has 1 amide bonds. The van der Waals surface area contributed by atoms with Crippen LogP contribution in [0, 0.1) is 18.3 Å². The number of H-pyrrole nitrogens is 1. The molecule has 1 spiro atoms. The first-order valence-electron chi connectivity index (χ1n) is 14.6. The molecule has 0 bridgehead atoms. The number of carbonyl (C=O) groups excluding carboxylic acids is 1. The summed E-state index contributed by atoms with van der Waals surface area (Å²) < 4.78 is 54.7. The van der Waals surface area contributed by atoms with E-state index in [0.717, 1.165) is 23.5 Å². The average molecular weight is 652 g/mol. The Morgan fingerprint density at radius 3 is 2.59 bits per heavy atom. The second kappa shape index (κ2) is 11.5. The lowest BCUT2D eigenvalue weighted by Gasteiger charge is -2.31. The third-order valence-electron chi connectivity index (χ3n) is 8.09. The maximum absolute atomic E-state index is 14.1. The number of aromatic nitrogens is 4. The molecule has 1 unspecified atom stereocenters. The summed E-state index contributed by atoms with van der Waals surface area (Å²) in [5, 5.41) is 13.9. The van der Waals surface area contributed by atoms with Crippen LogP contribution in [0.1, 0.15) is 49.3 Å². The smallest absolute Gasteiger partial charge is 0.417 e. The summed E-state index contributed by atoms with van der Waals surface area (Å²) >= 11 is 5.80. The number of aryl methyl sites for hydroxylation is 2. The maximum atomic E-state index is 14.1. The first-order valence-corrected chi connectivity index (χ1v) is 15.0. The third-order valence-corrected chi connectivity index (χ3v) is 8.46. The number of aromatic amines is 1. The van der Waals surface area contributed by atoms with Crippen molar-refractivity contribution in [2.24, 2.45) is 0 Å². The minimum absolute atomic E-state index is 0.0663. The Bertz CT molecular complexity index is 1990. The van der Waals surface area contributed by atoms with Crippen LogP contribution < -0.4 is 20.1 Å². The van der Waals surface area contributed by atoms with Crippen molar-refractivity contribution in [1.29, 1.82) is 5.26 Å². The lowest BCUT2D eigenvalue weighted by atomic mass is 9.95. The number of alkyl halides is 3. The molecule has 4 aromatic rings. The maximum Gasteiger partial charge on any atom is 0.417 e. The van der Waals surface area contributed by atoms with Gasteiger partial charge in [0, 0.05) is 25.1 Å². The van der Waals surface area contributed by atoms with Gasteiger partial charge in [0.05, 0.1) is 47.4 Å². The molecule has 2 aliphatic heterocycles. The number of amides is 1. The van der Waals surface area contributed by atoms with Gasteiger partial charge in [-0.3, -0.25) is 14.5 Å². The molecule has 6 rings (SSSR count). The van der Waals surface area contributed by atoms with E-state index in [1.807, 2.05) is 6.92 Å². The zero-order chi connectivity index (χ0) is 33.0. The summed E-state index contributed by atoms with van der Waals surface area (Å²) in [5.74, 6) is 0.648. The van der Waals surface area contributed by atoms with Crippen LogP contribution in [0.25, 0.3) is 16.9 Å². The number of fused-ring (bicyclic) bond motifs is 1. The number of benzene rings is 2. The van der Waals surface area contributed by atoms with Crippen LogP contribution in [0.4, 0.5) is 24.5 Å². The summed E-state index contributed by atoms with van der Waals surface area (Å²) in [6.45, 7) is 5.99. The first-order chi connectivity index (χ1) is 21.9. The van der Waals surface area contributed by atoms with Gasteiger partial charge in [0.25, 0.3) is 11.5 Å². The molecule has 238 valence electrons. The van der Waals surface area contributed by atoms with E-state index >= 15 is 0 Å². The van der Waals surface area contributed by atoms with Gasteiger partial charge < -0.3 is 19.4 Å². The number of hydrogen-bond donors (Lipinski definition) is 1. The summed E-state index contributed by atoms with van der Waals surface area (Å²) in [5.41, 5.74) is -1.95. The molecular weight excluding hydrogens is 623 g/mol. The van der Waals surface area contributed by atoms with E-state index in [0.29, 0.717) is 47.1 Å². The van der Waals surface area contributed by atoms with Gasteiger partial charge in [-0.2, -0.15) is 18.4 Å². The fourth-order valence-electron chi connectivity index (χ4n) is 6.03. The van der Waals surface area contributed by atoms with Crippen molar-refractivity contribution in [3.63, 3.8) is 0 Å². The van der Waals surface area contributed by atoms with E-state index < -0.39 is 34.3 Å². The molecule has 2 aliphatic rings. The van der Waals surface area contributed by atoms with E-state index in [9.17, 15) is 28.0 Å². The lowest BCUT2D eigenvalue weighted by Crippen LogP contribution is -2.50. The van der Waals surface area contributed by atoms with Gasteiger partial charge >= 0.3 is 6.18 Å². The van der Waals surface area contributed by atoms with Crippen molar-refractivity contribution < 1.29 is 27.4 Å². The predicted molar refractivity (Wildman–Crippen MR) is 166 cm³/mol. The molecule has 0 radical (unpaired) electrons. The molecule has 15 heteroatoms. The van der Waals surface area contributed by atoms with Gasteiger partial charge in [0.15, 0.2) is 22.0 Å². The Hall–Kier alpha value is -4.81.